The Morgan fingerprint density at radius 1 is 1.39 bits per heavy atom. The van der Waals surface area contributed by atoms with Gasteiger partial charge in [-0.2, -0.15) is 0 Å². The van der Waals surface area contributed by atoms with Crippen LogP contribution in [0, 0.1) is 12.8 Å². The zero-order valence-electron chi connectivity index (χ0n) is 12.1. The summed E-state index contributed by atoms with van der Waals surface area (Å²) in [7, 11) is 0. The molecule has 1 saturated heterocycles. The van der Waals surface area contributed by atoms with Gasteiger partial charge in [-0.05, 0) is 51.4 Å². The summed E-state index contributed by atoms with van der Waals surface area (Å²) in [5, 5.41) is 3.57. The molecule has 2 atom stereocenters. The highest BCUT2D eigenvalue weighted by atomic mass is 32.1. The lowest BCUT2D eigenvalue weighted by atomic mass is 10.1. The van der Waals surface area contributed by atoms with E-state index in [4.69, 9.17) is 0 Å². The van der Waals surface area contributed by atoms with Gasteiger partial charge < -0.3 is 5.32 Å². The van der Waals surface area contributed by atoms with Crippen LogP contribution in [-0.2, 0) is 0 Å². The third-order valence-corrected chi connectivity index (χ3v) is 5.02. The van der Waals surface area contributed by atoms with Gasteiger partial charge >= 0.3 is 0 Å². The van der Waals surface area contributed by atoms with Crippen LogP contribution in [-0.4, -0.2) is 30.6 Å². The molecule has 0 spiro atoms. The average Bonchev–Trinajstić information content (AvgIpc) is 2.94. The molecule has 1 aromatic rings. The second kappa shape index (κ2) is 6.18. The van der Waals surface area contributed by atoms with E-state index in [0.717, 1.165) is 5.92 Å². The van der Waals surface area contributed by atoms with Gasteiger partial charge in [-0.1, -0.05) is 13.8 Å². The molecule has 1 fully saturated rings. The molecule has 0 bridgehead atoms. The van der Waals surface area contributed by atoms with Crippen LogP contribution < -0.4 is 5.32 Å². The van der Waals surface area contributed by atoms with E-state index in [-0.39, 0.29) is 0 Å². The van der Waals surface area contributed by atoms with E-state index in [1.807, 2.05) is 11.3 Å². The van der Waals surface area contributed by atoms with Crippen LogP contribution in [0.25, 0.3) is 0 Å². The Morgan fingerprint density at radius 3 is 2.78 bits per heavy atom. The van der Waals surface area contributed by atoms with Gasteiger partial charge in [0.15, 0.2) is 0 Å². The quantitative estimate of drug-likeness (QED) is 0.878. The minimum absolute atomic E-state index is 0.591. The number of hydrogen-bond donors (Lipinski definition) is 1. The van der Waals surface area contributed by atoms with E-state index in [1.54, 1.807) is 0 Å². The number of aryl methyl sites for hydroxylation is 1. The Hall–Kier alpha value is -0.380. The minimum Gasteiger partial charge on any atom is -0.314 e. The first-order chi connectivity index (χ1) is 8.56. The molecule has 3 heteroatoms. The monoisotopic (exact) mass is 266 g/mol. The van der Waals surface area contributed by atoms with Crippen molar-refractivity contribution in [3.8, 4) is 0 Å². The first-order valence-corrected chi connectivity index (χ1v) is 7.91. The zero-order valence-corrected chi connectivity index (χ0v) is 12.9. The summed E-state index contributed by atoms with van der Waals surface area (Å²) in [6, 6.07) is 5.73. The normalized spacial score (nSPS) is 22.8. The second-order valence-corrected chi connectivity index (χ2v) is 7.16. The first kappa shape index (κ1) is 14.0. The molecule has 0 aromatic carbocycles. The van der Waals surface area contributed by atoms with Crippen molar-refractivity contribution >= 4 is 11.3 Å². The van der Waals surface area contributed by atoms with Crippen molar-refractivity contribution in [2.24, 2.45) is 5.92 Å². The Bertz CT molecular complexity index is 372. The maximum atomic E-state index is 3.57. The van der Waals surface area contributed by atoms with Crippen LogP contribution in [0.3, 0.4) is 0 Å². The number of nitrogens with one attached hydrogen (secondary N) is 1. The largest absolute Gasteiger partial charge is 0.314 e. The van der Waals surface area contributed by atoms with Crippen molar-refractivity contribution in [2.45, 2.75) is 46.2 Å². The Kier molecular flexibility index (Phi) is 4.82. The summed E-state index contributed by atoms with van der Waals surface area (Å²) in [5.41, 5.74) is 0. The molecule has 18 heavy (non-hydrogen) atoms. The molecule has 2 nitrogen and oxygen atoms in total. The van der Waals surface area contributed by atoms with E-state index in [1.165, 1.54) is 35.8 Å². The van der Waals surface area contributed by atoms with Crippen LogP contribution in [0.1, 0.15) is 43.0 Å². The fourth-order valence-corrected chi connectivity index (χ4v) is 3.60. The van der Waals surface area contributed by atoms with Gasteiger partial charge in [0, 0.05) is 28.4 Å². The van der Waals surface area contributed by atoms with Crippen LogP contribution >= 0.6 is 11.3 Å². The Labute approximate surface area is 115 Å². The van der Waals surface area contributed by atoms with Crippen LogP contribution in [0.15, 0.2) is 12.1 Å². The molecule has 1 aromatic heterocycles. The molecule has 2 heterocycles. The summed E-state index contributed by atoms with van der Waals surface area (Å²) >= 11 is 1.94. The molecule has 102 valence electrons. The van der Waals surface area contributed by atoms with Gasteiger partial charge in [-0.3, -0.25) is 4.90 Å². The molecule has 1 aliphatic rings. The van der Waals surface area contributed by atoms with Crippen LogP contribution in [0.5, 0.6) is 0 Å². The molecule has 2 rings (SSSR count). The highest BCUT2D eigenvalue weighted by Crippen LogP contribution is 2.31. The fourth-order valence-electron chi connectivity index (χ4n) is 2.64. The molecule has 2 unspecified atom stereocenters. The van der Waals surface area contributed by atoms with E-state index < -0.39 is 0 Å². The van der Waals surface area contributed by atoms with Crippen molar-refractivity contribution in [3.63, 3.8) is 0 Å². The summed E-state index contributed by atoms with van der Waals surface area (Å²) < 4.78 is 0. The fraction of sp³-hybridized carbons (Fsp3) is 0.733. The van der Waals surface area contributed by atoms with Gasteiger partial charge in [0.25, 0.3) is 0 Å². The highest BCUT2D eigenvalue weighted by Gasteiger charge is 2.27. The van der Waals surface area contributed by atoms with Crippen molar-refractivity contribution in [1.82, 2.24) is 10.2 Å². The van der Waals surface area contributed by atoms with Crippen molar-refractivity contribution in [3.05, 3.63) is 21.9 Å². The molecule has 0 saturated carbocycles. The molecular weight excluding hydrogens is 240 g/mol. The van der Waals surface area contributed by atoms with Crippen molar-refractivity contribution < 1.29 is 0 Å². The standard InChI is InChI=1S/C15H26N2S/c1-11(2)16-9-14-7-8-17(10-14)13(4)15-6-5-12(3)18-15/h5-6,11,13-14,16H,7-10H2,1-4H3. The smallest absolute Gasteiger partial charge is 0.0413 e. The molecular formula is C15H26N2S. The minimum atomic E-state index is 0.591. The third kappa shape index (κ3) is 3.56. The highest BCUT2D eigenvalue weighted by molar-refractivity contribution is 7.12. The lowest BCUT2D eigenvalue weighted by Crippen LogP contribution is -2.31. The summed E-state index contributed by atoms with van der Waals surface area (Å²) in [6.45, 7) is 12.7. The lowest BCUT2D eigenvalue weighted by molar-refractivity contribution is 0.254. The molecule has 1 N–H and O–H groups in total. The maximum absolute atomic E-state index is 3.57. The van der Waals surface area contributed by atoms with Gasteiger partial charge in [0.05, 0.1) is 0 Å². The van der Waals surface area contributed by atoms with Crippen LogP contribution in [0.4, 0.5) is 0 Å². The van der Waals surface area contributed by atoms with Crippen molar-refractivity contribution in [2.75, 3.05) is 19.6 Å². The number of hydrogen-bond acceptors (Lipinski definition) is 3. The number of likely N-dealkylation sites (tertiary alicyclic amines) is 1. The summed E-state index contributed by atoms with van der Waals surface area (Å²) in [4.78, 5) is 5.58. The SMILES string of the molecule is Cc1ccc(C(C)N2CCC(CNC(C)C)C2)s1. The second-order valence-electron chi connectivity index (χ2n) is 5.84. The zero-order chi connectivity index (χ0) is 13.1. The lowest BCUT2D eigenvalue weighted by Gasteiger charge is -2.23. The molecule has 0 aliphatic carbocycles. The van der Waals surface area contributed by atoms with Crippen LogP contribution in [0.2, 0.25) is 0 Å². The summed E-state index contributed by atoms with van der Waals surface area (Å²) in [6.07, 6.45) is 1.34. The molecule has 0 amide bonds. The predicted molar refractivity (Wildman–Crippen MR) is 80.3 cm³/mol. The topological polar surface area (TPSA) is 15.3 Å². The Balaban J connectivity index is 1.84. The van der Waals surface area contributed by atoms with Gasteiger partial charge in [-0.25, -0.2) is 0 Å². The van der Waals surface area contributed by atoms with Gasteiger partial charge in [0.2, 0.25) is 0 Å². The van der Waals surface area contributed by atoms with E-state index in [0.29, 0.717) is 12.1 Å². The molecule has 0 radical (unpaired) electrons. The number of nitrogens with zero attached hydrogens (tertiary/aromatic N) is 1. The Morgan fingerprint density at radius 2 is 2.17 bits per heavy atom. The van der Waals surface area contributed by atoms with E-state index in [9.17, 15) is 0 Å². The van der Waals surface area contributed by atoms with Crippen molar-refractivity contribution in [1.29, 1.82) is 0 Å². The van der Waals surface area contributed by atoms with E-state index in [2.05, 4.69) is 50.0 Å². The summed E-state index contributed by atoms with van der Waals surface area (Å²) in [5.74, 6) is 0.830. The molecule has 1 aliphatic heterocycles. The van der Waals surface area contributed by atoms with Gasteiger partial charge in [-0.15, -0.1) is 11.3 Å². The number of rotatable bonds is 5. The van der Waals surface area contributed by atoms with Gasteiger partial charge in [0.1, 0.15) is 0 Å². The first-order valence-electron chi connectivity index (χ1n) is 7.10. The predicted octanol–water partition coefficient (Wildman–Crippen LogP) is 3.44. The third-order valence-electron chi connectivity index (χ3n) is 3.85. The van der Waals surface area contributed by atoms with E-state index >= 15 is 0 Å². The number of thiophene rings is 1. The average molecular weight is 266 g/mol. The maximum Gasteiger partial charge on any atom is 0.0413 e.